The zero-order valence-corrected chi connectivity index (χ0v) is 13.3. The summed E-state index contributed by atoms with van der Waals surface area (Å²) in [6, 6.07) is 1.92. The van der Waals surface area contributed by atoms with Gasteiger partial charge in [0.05, 0.1) is 0 Å². The molecule has 9 heteroatoms. The van der Waals surface area contributed by atoms with Crippen molar-refractivity contribution in [2.75, 3.05) is 0 Å². The zero-order valence-electron chi connectivity index (χ0n) is 13.3. The first-order valence-corrected chi connectivity index (χ1v) is 6.56. The van der Waals surface area contributed by atoms with E-state index < -0.39 is 46.6 Å². The number of hydrogen-bond donors (Lipinski definition) is 0. The number of hydrogen-bond acceptors (Lipinski definition) is 9. The highest BCUT2D eigenvalue weighted by atomic mass is 16.6. The van der Waals surface area contributed by atoms with E-state index >= 15 is 0 Å². The minimum absolute atomic E-state index is 0.259. The van der Waals surface area contributed by atoms with Crippen LogP contribution in [0.3, 0.4) is 0 Å². The summed E-state index contributed by atoms with van der Waals surface area (Å²) in [4.78, 5) is 57.1. The summed E-state index contributed by atoms with van der Waals surface area (Å²) in [6.07, 6.45) is 0. The van der Waals surface area contributed by atoms with Gasteiger partial charge in [-0.25, -0.2) is 0 Å². The monoisotopic (exact) mass is 338 g/mol. The first kappa shape index (κ1) is 18.8. The molecule has 128 valence electrons. The average molecular weight is 338 g/mol. The maximum Gasteiger partial charge on any atom is 0.308 e. The third kappa shape index (κ3) is 5.52. The molecule has 1 aromatic carbocycles. The Labute approximate surface area is 136 Å². The highest BCUT2D eigenvalue weighted by Gasteiger charge is 2.20. The molecule has 0 atom stereocenters. The zero-order chi connectivity index (χ0) is 18.4. The van der Waals surface area contributed by atoms with Crippen LogP contribution in [0.4, 0.5) is 0 Å². The Balaban J connectivity index is 3.73. The molecule has 0 saturated heterocycles. The number of esters is 4. The highest BCUT2D eigenvalue weighted by Crippen LogP contribution is 2.30. The van der Waals surface area contributed by atoms with Gasteiger partial charge in [-0.1, -0.05) is 0 Å². The van der Waals surface area contributed by atoms with Crippen molar-refractivity contribution in [2.24, 2.45) is 0 Å². The van der Waals surface area contributed by atoms with Crippen LogP contribution in [0.15, 0.2) is 16.9 Å². The summed E-state index contributed by atoms with van der Waals surface area (Å²) in [7, 11) is 0. The molecule has 0 radical (unpaired) electrons. The van der Waals surface area contributed by atoms with Crippen LogP contribution in [-0.2, 0) is 19.2 Å². The maximum absolute atomic E-state index is 12.4. The lowest BCUT2D eigenvalue weighted by molar-refractivity contribution is -0.134. The van der Waals surface area contributed by atoms with Gasteiger partial charge in [0.1, 0.15) is 5.75 Å². The minimum atomic E-state index is -1.05. The highest BCUT2D eigenvalue weighted by molar-refractivity contribution is 5.76. The standard InChI is InChI=1S/C15H14O9/c1-7(16)21-11-5-12(22-8(2)17)14(20)15(24-10(4)19)13(6-11)23-9(3)18/h5-6H,1-4H3. The fourth-order valence-corrected chi connectivity index (χ4v) is 1.58. The normalized spacial score (nSPS) is 9.67. The van der Waals surface area contributed by atoms with Crippen LogP contribution in [0.5, 0.6) is 23.0 Å². The second kappa shape index (κ2) is 7.86. The largest absolute Gasteiger partial charge is 0.426 e. The van der Waals surface area contributed by atoms with Gasteiger partial charge < -0.3 is 18.9 Å². The van der Waals surface area contributed by atoms with E-state index in [2.05, 4.69) is 0 Å². The van der Waals surface area contributed by atoms with E-state index in [0.717, 1.165) is 39.8 Å². The van der Waals surface area contributed by atoms with Gasteiger partial charge in [0.25, 0.3) is 5.43 Å². The van der Waals surface area contributed by atoms with Crippen molar-refractivity contribution in [3.63, 3.8) is 0 Å². The predicted molar refractivity (Wildman–Crippen MR) is 77.9 cm³/mol. The summed E-state index contributed by atoms with van der Waals surface area (Å²) in [5, 5.41) is 0. The average Bonchev–Trinajstić information content (AvgIpc) is 2.49. The Hall–Kier alpha value is -3.23. The van der Waals surface area contributed by atoms with Gasteiger partial charge >= 0.3 is 23.9 Å². The van der Waals surface area contributed by atoms with Crippen molar-refractivity contribution in [1.82, 2.24) is 0 Å². The first-order valence-electron chi connectivity index (χ1n) is 6.56. The number of carbonyl (C=O) groups excluding carboxylic acids is 4. The summed E-state index contributed by atoms with van der Waals surface area (Å²) in [5.41, 5.74) is -1.05. The fourth-order valence-electron chi connectivity index (χ4n) is 1.58. The van der Waals surface area contributed by atoms with E-state index in [9.17, 15) is 24.0 Å². The second-order valence-corrected chi connectivity index (χ2v) is 4.45. The van der Waals surface area contributed by atoms with Crippen LogP contribution < -0.4 is 24.4 Å². The molecule has 0 amide bonds. The van der Waals surface area contributed by atoms with Gasteiger partial charge in [-0.3, -0.25) is 24.0 Å². The molecule has 0 aliphatic carbocycles. The number of ether oxygens (including phenoxy) is 4. The van der Waals surface area contributed by atoms with Gasteiger partial charge in [-0.05, 0) is 0 Å². The molecular weight excluding hydrogens is 324 g/mol. The Morgan fingerprint density at radius 3 is 1.54 bits per heavy atom. The molecule has 0 aromatic heterocycles. The van der Waals surface area contributed by atoms with Crippen LogP contribution in [0.2, 0.25) is 0 Å². The molecule has 0 spiro atoms. The molecule has 1 rings (SSSR count). The molecule has 0 aliphatic rings. The molecule has 1 aromatic rings. The van der Waals surface area contributed by atoms with Crippen LogP contribution in [0.25, 0.3) is 0 Å². The van der Waals surface area contributed by atoms with E-state index in [1.165, 1.54) is 0 Å². The Morgan fingerprint density at radius 1 is 0.667 bits per heavy atom. The fraction of sp³-hybridized carbons (Fsp3) is 0.267. The molecule has 0 N–H and O–H groups in total. The molecule has 0 aliphatic heterocycles. The van der Waals surface area contributed by atoms with Crippen molar-refractivity contribution < 1.29 is 38.1 Å². The van der Waals surface area contributed by atoms with Crippen LogP contribution in [0, 0.1) is 0 Å². The van der Waals surface area contributed by atoms with E-state index in [4.69, 9.17) is 18.9 Å². The smallest absolute Gasteiger partial charge is 0.308 e. The van der Waals surface area contributed by atoms with Gasteiger partial charge in [0.2, 0.25) is 5.75 Å². The second-order valence-electron chi connectivity index (χ2n) is 4.45. The summed E-state index contributed by atoms with van der Waals surface area (Å²) in [6.45, 7) is 4.20. The summed E-state index contributed by atoms with van der Waals surface area (Å²) in [5.74, 6) is -5.28. The topological polar surface area (TPSA) is 122 Å². The Bertz CT molecular complexity index is 764. The molecule has 0 bridgehead atoms. The minimum Gasteiger partial charge on any atom is -0.426 e. The number of rotatable bonds is 4. The molecular formula is C15H14O9. The quantitative estimate of drug-likeness (QED) is 0.731. The molecule has 0 saturated carbocycles. The first-order chi connectivity index (χ1) is 11.1. The predicted octanol–water partition coefficient (Wildman–Crippen LogP) is 0.748. The Morgan fingerprint density at radius 2 is 1.08 bits per heavy atom. The van der Waals surface area contributed by atoms with E-state index in [-0.39, 0.29) is 5.75 Å². The van der Waals surface area contributed by atoms with Gasteiger partial charge in [-0.15, -0.1) is 0 Å². The SMILES string of the molecule is CC(=O)Oc1cc(OC(C)=O)c(OC(C)=O)c(=O)c(OC(C)=O)c1. The van der Waals surface area contributed by atoms with Gasteiger partial charge in [0, 0.05) is 39.8 Å². The van der Waals surface area contributed by atoms with E-state index in [1.807, 2.05) is 0 Å². The lowest BCUT2D eigenvalue weighted by Gasteiger charge is -2.05. The molecule has 0 fully saturated rings. The van der Waals surface area contributed by atoms with Crippen molar-refractivity contribution in [2.45, 2.75) is 27.7 Å². The molecule has 0 heterocycles. The van der Waals surface area contributed by atoms with Crippen molar-refractivity contribution in [3.05, 3.63) is 22.4 Å². The molecule has 9 nitrogen and oxygen atoms in total. The van der Waals surface area contributed by atoms with Crippen LogP contribution >= 0.6 is 0 Å². The maximum atomic E-state index is 12.4. The lowest BCUT2D eigenvalue weighted by Crippen LogP contribution is -2.16. The van der Waals surface area contributed by atoms with E-state index in [0.29, 0.717) is 0 Å². The van der Waals surface area contributed by atoms with Crippen molar-refractivity contribution in [3.8, 4) is 23.0 Å². The van der Waals surface area contributed by atoms with Crippen LogP contribution in [-0.4, -0.2) is 23.9 Å². The lowest BCUT2D eigenvalue weighted by atomic mass is 10.4. The number of carbonyl (C=O) groups is 4. The van der Waals surface area contributed by atoms with Crippen molar-refractivity contribution in [1.29, 1.82) is 0 Å². The van der Waals surface area contributed by atoms with Crippen LogP contribution in [0.1, 0.15) is 27.7 Å². The van der Waals surface area contributed by atoms with Gasteiger partial charge in [0.15, 0.2) is 11.5 Å². The summed E-state index contributed by atoms with van der Waals surface area (Å²) >= 11 is 0. The molecule has 0 unspecified atom stereocenters. The summed E-state index contributed by atoms with van der Waals surface area (Å²) < 4.78 is 19.1. The van der Waals surface area contributed by atoms with Crippen molar-refractivity contribution >= 4 is 23.9 Å². The van der Waals surface area contributed by atoms with E-state index in [1.54, 1.807) is 0 Å². The third-order valence-electron chi connectivity index (χ3n) is 2.22. The Kier molecular flexibility index (Phi) is 6.16. The van der Waals surface area contributed by atoms with Gasteiger partial charge in [-0.2, -0.15) is 0 Å². The third-order valence-corrected chi connectivity index (χ3v) is 2.22. The molecule has 24 heavy (non-hydrogen) atoms.